The zero-order valence-corrected chi connectivity index (χ0v) is 13.5. The average molecular weight is 308 g/mol. The fourth-order valence-electron chi connectivity index (χ4n) is 2.11. The molecule has 0 aliphatic carbocycles. The Morgan fingerprint density at radius 1 is 1.52 bits per heavy atom. The minimum absolute atomic E-state index is 0.182. The van der Waals surface area contributed by atoms with Gasteiger partial charge in [-0.05, 0) is 27.3 Å². The highest BCUT2D eigenvalue weighted by Gasteiger charge is 2.19. The highest BCUT2D eigenvalue weighted by Crippen LogP contribution is 2.29. The number of nitrogens with zero attached hydrogens (tertiary/aromatic N) is 2. The molecule has 6 heteroatoms. The quantitative estimate of drug-likeness (QED) is 0.920. The summed E-state index contributed by atoms with van der Waals surface area (Å²) < 4.78 is 5.25. The minimum Gasteiger partial charge on any atom is -0.502 e. The topological polar surface area (TPSA) is 66.6 Å². The van der Waals surface area contributed by atoms with Crippen molar-refractivity contribution in [3.63, 3.8) is 0 Å². The summed E-state index contributed by atoms with van der Waals surface area (Å²) in [7, 11) is 1.97. The summed E-state index contributed by atoms with van der Waals surface area (Å²) in [6.45, 7) is 6.73. The second kappa shape index (κ2) is 6.41. The zero-order valence-electron chi connectivity index (χ0n) is 12.7. The fourth-order valence-corrected chi connectivity index (χ4v) is 3.24. The molecule has 0 spiro atoms. The lowest BCUT2D eigenvalue weighted by molar-refractivity contribution is 0.231. The molecule has 21 heavy (non-hydrogen) atoms. The summed E-state index contributed by atoms with van der Waals surface area (Å²) in [5.74, 6) is 0.172. The molecule has 0 radical (unpaired) electrons. The van der Waals surface area contributed by atoms with Crippen molar-refractivity contribution in [3.8, 4) is 5.75 Å². The highest BCUT2D eigenvalue weighted by molar-refractivity contribution is 7.11. The molecule has 0 saturated carbocycles. The Bertz CT molecular complexity index is 678. The van der Waals surface area contributed by atoms with Gasteiger partial charge in [-0.2, -0.15) is 0 Å². The van der Waals surface area contributed by atoms with Crippen molar-refractivity contribution in [2.45, 2.75) is 39.8 Å². The third kappa shape index (κ3) is 3.51. The SMILES string of the molecule is CCc1nc(C)c([C@@H](C)N(C)Cc2cc(=O)c(O)co2)s1. The van der Waals surface area contributed by atoms with E-state index in [1.54, 1.807) is 11.3 Å². The van der Waals surface area contributed by atoms with Crippen molar-refractivity contribution in [1.29, 1.82) is 0 Å². The minimum atomic E-state index is -0.417. The van der Waals surface area contributed by atoms with Gasteiger partial charge >= 0.3 is 0 Å². The monoisotopic (exact) mass is 308 g/mol. The number of aromatic nitrogens is 1. The molecule has 0 unspecified atom stereocenters. The first-order valence-electron chi connectivity index (χ1n) is 6.89. The van der Waals surface area contributed by atoms with Gasteiger partial charge in [0.25, 0.3) is 0 Å². The molecule has 1 N–H and O–H groups in total. The van der Waals surface area contributed by atoms with Crippen LogP contribution in [0.4, 0.5) is 0 Å². The molecule has 0 aliphatic heterocycles. The molecular weight excluding hydrogens is 288 g/mol. The molecule has 2 rings (SSSR count). The van der Waals surface area contributed by atoms with Crippen molar-refractivity contribution in [2.75, 3.05) is 7.05 Å². The molecule has 2 aromatic rings. The van der Waals surface area contributed by atoms with Crippen molar-refractivity contribution in [1.82, 2.24) is 9.88 Å². The summed E-state index contributed by atoms with van der Waals surface area (Å²) in [4.78, 5) is 19.3. The average Bonchev–Trinajstić information content (AvgIpc) is 2.83. The van der Waals surface area contributed by atoms with E-state index >= 15 is 0 Å². The number of hydrogen-bond donors (Lipinski definition) is 1. The number of aryl methyl sites for hydroxylation is 2. The first kappa shape index (κ1) is 15.7. The predicted octanol–water partition coefficient (Wildman–Crippen LogP) is 2.87. The molecule has 2 heterocycles. The van der Waals surface area contributed by atoms with Crippen LogP contribution >= 0.6 is 11.3 Å². The van der Waals surface area contributed by atoms with E-state index in [0.717, 1.165) is 23.4 Å². The molecule has 0 saturated heterocycles. The van der Waals surface area contributed by atoms with E-state index in [2.05, 4.69) is 23.7 Å². The lowest BCUT2D eigenvalue weighted by atomic mass is 10.2. The van der Waals surface area contributed by atoms with E-state index in [-0.39, 0.29) is 11.8 Å². The Morgan fingerprint density at radius 2 is 2.24 bits per heavy atom. The van der Waals surface area contributed by atoms with Crippen LogP contribution in [0.15, 0.2) is 21.5 Å². The van der Waals surface area contributed by atoms with Gasteiger partial charge in [0.15, 0.2) is 5.75 Å². The lowest BCUT2D eigenvalue weighted by Gasteiger charge is -2.23. The summed E-state index contributed by atoms with van der Waals surface area (Å²) in [6.07, 6.45) is 2.03. The maximum absolute atomic E-state index is 11.4. The molecular formula is C15H20N2O3S. The van der Waals surface area contributed by atoms with Crippen LogP contribution in [0.3, 0.4) is 0 Å². The van der Waals surface area contributed by atoms with E-state index < -0.39 is 5.43 Å². The van der Waals surface area contributed by atoms with Crippen LogP contribution in [0.1, 0.15) is 41.2 Å². The Kier molecular flexibility index (Phi) is 4.80. The number of thiazole rings is 1. The summed E-state index contributed by atoms with van der Waals surface area (Å²) in [5, 5.41) is 10.3. The second-order valence-corrected chi connectivity index (χ2v) is 6.21. The van der Waals surface area contributed by atoms with Crippen LogP contribution in [-0.2, 0) is 13.0 Å². The molecule has 114 valence electrons. The van der Waals surface area contributed by atoms with Gasteiger partial charge in [0.1, 0.15) is 12.0 Å². The Morgan fingerprint density at radius 3 is 2.81 bits per heavy atom. The van der Waals surface area contributed by atoms with E-state index in [9.17, 15) is 9.90 Å². The van der Waals surface area contributed by atoms with Crippen LogP contribution in [0, 0.1) is 6.92 Å². The molecule has 0 fully saturated rings. The van der Waals surface area contributed by atoms with Crippen LogP contribution in [0.25, 0.3) is 0 Å². The smallest absolute Gasteiger partial charge is 0.226 e. The van der Waals surface area contributed by atoms with E-state index in [1.807, 2.05) is 14.0 Å². The van der Waals surface area contributed by atoms with Gasteiger partial charge in [-0.25, -0.2) is 4.98 Å². The van der Waals surface area contributed by atoms with Crippen molar-refractivity contribution < 1.29 is 9.52 Å². The predicted molar refractivity (Wildman–Crippen MR) is 82.8 cm³/mol. The lowest BCUT2D eigenvalue weighted by Crippen LogP contribution is -2.22. The van der Waals surface area contributed by atoms with Gasteiger partial charge in [-0.15, -0.1) is 11.3 Å². The number of hydrogen-bond acceptors (Lipinski definition) is 6. The number of aromatic hydroxyl groups is 1. The molecule has 5 nitrogen and oxygen atoms in total. The summed E-state index contributed by atoms with van der Waals surface area (Å²) >= 11 is 1.73. The van der Waals surface area contributed by atoms with Gasteiger partial charge in [0.2, 0.25) is 5.43 Å². The van der Waals surface area contributed by atoms with Crippen LogP contribution < -0.4 is 5.43 Å². The van der Waals surface area contributed by atoms with E-state index in [1.165, 1.54) is 10.9 Å². The van der Waals surface area contributed by atoms with Crippen molar-refractivity contribution in [2.24, 2.45) is 0 Å². The normalized spacial score (nSPS) is 12.8. The zero-order chi connectivity index (χ0) is 15.6. The van der Waals surface area contributed by atoms with Crippen molar-refractivity contribution in [3.05, 3.63) is 43.9 Å². The van der Waals surface area contributed by atoms with Gasteiger partial charge in [-0.1, -0.05) is 6.92 Å². The van der Waals surface area contributed by atoms with Gasteiger partial charge in [0, 0.05) is 17.0 Å². The maximum Gasteiger partial charge on any atom is 0.226 e. The Labute approximate surface area is 127 Å². The molecule has 2 aromatic heterocycles. The fraction of sp³-hybridized carbons (Fsp3) is 0.467. The Hall–Kier alpha value is -1.66. The highest BCUT2D eigenvalue weighted by atomic mass is 32.1. The summed E-state index contributed by atoms with van der Waals surface area (Å²) in [6, 6.07) is 1.51. The maximum atomic E-state index is 11.4. The second-order valence-electron chi connectivity index (χ2n) is 5.10. The summed E-state index contributed by atoms with van der Waals surface area (Å²) in [5.41, 5.74) is 0.642. The largest absolute Gasteiger partial charge is 0.502 e. The van der Waals surface area contributed by atoms with Crippen LogP contribution in [-0.4, -0.2) is 22.0 Å². The van der Waals surface area contributed by atoms with E-state index in [0.29, 0.717) is 12.3 Å². The molecule has 0 bridgehead atoms. The third-order valence-corrected chi connectivity index (χ3v) is 4.96. The molecule has 0 aliphatic rings. The van der Waals surface area contributed by atoms with Crippen molar-refractivity contribution >= 4 is 11.3 Å². The first-order chi connectivity index (χ1) is 9.92. The molecule has 1 atom stereocenters. The molecule has 0 aromatic carbocycles. The van der Waals surface area contributed by atoms with Crippen LogP contribution in [0.5, 0.6) is 5.75 Å². The number of rotatable bonds is 5. The Balaban J connectivity index is 2.14. The van der Waals surface area contributed by atoms with Gasteiger partial charge in [0.05, 0.1) is 17.2 Å². The molecule has 0 amide bonds. The van der Waals surface area contributed by atoms with Gasteiger partial charge in [-0.3, -0.25) is 9.69 Å². The van der Waals surface area contributed by atoms with Crippen LogP contribution in [0.2, 0.25) is 0 Å². The first-order valence-corrected chi connectivity index (χ1v) is 7.71. The third-order valence-electron chi connectivity index (χ3n) is 3.49. The van der Waals surface area contributed by atoms with Gasteiger partial charge < -0.3 is 9.52 Å². The van der Waals surface area contributed by atoms with E-state index in [4.69, 9.17) is 4.42 Å². The standard InChI is InChI=1S/C15H20N2O3S/c1-5-14-16-9(2)15(21-14)10(3)17(4)7-11-6-12(18)13(19)8-20-11/h6,8,10,19H,5,7H2,1-4H3/t10-/m1/s1.